The second-order valence-electron chi connectivity index (χ2n) is 5.24. The number of aromatic nitrogens is 1. The maximum absolute atomic E-state index is 13.5. The number of hydrogen-bond acceptors (Lipinski definition) is 4. The molecule has 0 bridgehead atoms. The van der Waals surface area contributed by atoms with Gasteiger partial charge in [0, 0.05) is 26.3 Å². The van der Waals surface area contributed by atoms with Crippen molar-refractivity contribution in [3.63, 3.8) is 0 Å². The number of methoxy groups -OCH3 is 2. The zero-order chi connectivity index (χ0) is 22.7. The molecule has 30 heavy (non-hydrogen) atoms. The van der Waals surface area contributed by atoms with Crippen molar-refractivity contribution in [2.75, 3.05) is 14.2 Å². The first-order chi connectivity index (χ1) is 13.2. The van der Waals surface area contributed by atoms with E-state index in [0.717, 1.165) is 18.3 Å². The standard InChI is InChI=1S/C11H4F8N.C5H8O4.Ir/c12-8(13)5-6(7-3-1-2-4-20-7)9(14,15)11(18,19)10(8,16)17;1-8-4(6)3-5(7)9-2;/h1-4H;3,6H,1-2H3;/q-1;;/p+1/b;4-3+;. The Labute approximate surface area is 177 Å². The molecule has 0 spiro atoms. The van der Waals surface area contributed by atoms with Gasteiger partial charge in [0.05, 0.1) is 7.11 Å². The largest absolute Gasteiger partial charge is 0.517 e. The van der Waals surface area contributed by atoms with Gasteiger partial charge in [0.25, 0.3) is 11.9 Å². The fourth-order valence-electron chi connectivity index (χ4n) is 1.82. The van der Waals surface area contributed by atoms with Gasteiger partial charge in [-0.1, -0.05) is 11.8 Å². The summed E-state index contributed by atoms with van der Waals surface area (Å²) in [6.45, 7) is 0. The van der Waals surface area contributed by atoms with Crippen molar-refractivity contribution in [1.29, 1.82) is 0 Å². The van der Waals surface area contributed by atoms with Crippen LogP contribution in [0.25, 0.3) is 5.57 Å². The number of rotatable bonds is 3. The van der Waals surface area contributed by atoms with E-state index in [1.54, 1.807) is 0 Å². The van der Waals surface area contributed by atoms with E-state index < -0.39 is 46.9 Å². The van der Waals surface area contributed by atoms with Crippen LogP contribution in [0, 0.1) is 6.08 Å². The van der Waals surface area contributed by atoms with Gasteiger partial charge in [-0.2, -0.15) is 32.4 Å². The Morgan fingerprint density at radius 2 is 1.60 bits per heavy atom. The smallest absolute Gasteiger partial charge is 0.481 e. The molecular formula is C16H13F8IrNO4. The summed E-state index contributed by atoms with van der Waals surface area (Å²) in [6.07, 6.45) is 2.29. The number of pyridine rings is 1. The van der Waals surface area contributed by atoms with E-state index in [1.165, 1.54) is 20.3 Å². The number of halogens is 8. The third-order valence-electron chi connectivity index (χ3n) is 3.37. The second-order valence-corrected chi connectivity index (χ2v) is 5.24. The Balaban J connectivity index is 0.000000719. The van der Waals surface area contributed by atoms with Crippen molar-refractivity contribution in [2.24, 2.45) is 0 Å². The van der Waals surface area contributed by atoms with Gasteiger partial charge >= 0.3 is 23.7 Å². The van der Waals surface area contributed by atoms with E-state index in [1.807, 2.05) is 0 Å². The number of hydrogen-bond donors (Lipinski definition) is 1. The van der Waals surface area contributed by atoms with Gasteiger partial charge in [0.15, 0.2) is 13.2 Å². The van der Waals surface area contributed by atoms with Gasteiger partial charge in [-0.3, -0.25) is 0 Å². The molecule has 1 aromatic heterocycles. The Bertz CT molecular complexity index is 800. The van der Waals surface area contributed by atoms with E-state index in [0.29, 0.717) is 12.1 Å². The molecule has 2 rings (SSSR count). The SMILES string of the molecule is COC(=[OH+])/C=C(\O)OC.FC1(F)[C-]=C(c2ccccn2)C(F)(F)C(F)(F)C1(F)F.[Ir]. The minimum Gasteiger partial charge on any atom is -0.481 e. The summed E-state index contributed by atoms with van der Waals surface area (Å²) in [6, 6.07) is 2.97. The maximum Gasteiger partial charge on any atom is 0.517 e. The molecule has 1 heterocycles. The molecule has 5 nitrogen and oxygen atoms in total. The van der Waals surface area contributed by atoms with Crippen LogP contribution in [0.4, 0.5) is 35.1 Å². The molecule has 0 aliphatic heterocycles. The molecule has 0 aromatic carbocycles. The first kappa shape index (κ1) is 27.8. The molecule has 1 radical (unpaired) electrons. The van der Waals surface area contributed by atoms with Crippen LogP contribution in [-0.4, -0.2) is 58.8 Å². The van der Waals surface area contributed by atoms with E-state index in [-0.39, 0.29) is 20.1 Å². The van der Waals surface area contributed by atoms with E-state index in [4.69, 9.17) is 9.90 Å². The minimum absolute atomic E-state index is 0. The molecule has 0 amide bonds. The quantitative estimate of drug-likeness (QED) is 0.137. The van der Waals surface area contributed by atoms with Gasteiger partial charge in [-0.15, -0.1) is 11.6 Å². The zero-order valence-electron chi connectivity index (χ0n) is 14.9. The first-order valence-corrected chi connectivity index (χ1v) is 7.28. The Morgan fingerprint density at radius 3 is 2.03 bits per heavy atom. The summed E-state index contributed by atoms with van der Waals surface area (Å²) in [5.41, 5.74) is -3.04. The second kappa shape index (κ2) is 9.73. The molecule has 2 N–H and O–H groups in total. The van der Waals surface area contributed by atoms with Crippen molar-refractivity contribution in [1.82, 2.24) is 4.98 Å². The maximum atomic E-state index is 13.5. The summed E-state index contributed by atoms with van der Waals surface area (Å²) in [5, 5.41) is 8.54. The number of nitrogens with zero attached hydrogens (tertiary/aromatic N) is 1. The fourth-order valence-corrected chi connectivity index (χ4v) is 1.82. The van der Waals surface area contributed by atoms with Crippen LogP contribution < -0.4 is 0 Å². The fraction of sp³-hybridized carbons (Fsp3) is 0.375. The predicted molar refractivity (Wildman–Crippen MR) is 82.3 cm³/mol. The van der Waals surface area contributed by atoms with Crippen molar-refractivity contribution < 1.29 is 74.6 Å². The molecule has 14 heteroatoms. The molecule has 0 unspecified atom stereocenters. The third kappa shape index (κ3) is 5.09. The van der Waals surface area contributed by atoms with E-state index in [2.05, 4.69) is 14.5 Å². The minimum atomic E-state index is -6.28. The molecule has 0 saturated heterocycles. The van der Waals surface area contributed by atoms with Crippen LogP contribution in [0.2, 0.25) is 0 Å². The zero-order valence-corrected chi connectivity index (χ0v) is 17.3. The van der Waals surface area contributed by atoms with Crippen LogP contribution in [0.5, 0.6) is 0 Å². The number of carbonyl (C=O) groups excluding carboxylic acids is 1. The van der Waals surface area contributed by atoms with Crippen molar-refractivity contribution in [2.45, 2.75) is 23.7 Å². The topological polar surface area (TPSA) is 73.0 Å². The van der Waals surface area contributed by atoms with E-state index in [9.17, 15) is 35.1 Å². The summed E-state index contributed by atoms with van der Waals surface area (Å²) in [4.78, 5) is 11.7. The first-order valence-electron chi connectivity index (χ1n) is 7.28. The Hall–Kier alpha value is -2.21. The number of alkyl halides is 8. The van der Waals surface area contributed by atoms with Crippen LogP contribution >= 0.6 is 0 Å². The summed E-state index contributed by atoms with van der Waals surface area (Å²) >= 11 is 0. The number of ether oxygens (including phenoxy) is 2. The van der Waals surface area contributed by atoms with Crippen molar-refractivity contribution in [3.05, 3.63) is 48.2 Å². The molecule has 0 atom stereocenters. The third-order valence-corrected chi connectivity index (χ3v) is 3.37. The number of allylic oxidation sites excluding steroid dienone is 2. The Morgan fingerprint density at radius 1 is 1.03 bits per heavy atom. The molecule has 0 saturated carbocycles. The molecular weight excluding hydrogens is 614 g/mol. The van der Waals surface area contributed by atoms with Crippen molar-refractivity contribution >= 4 is 11.5 Å². The van der Waals surface area contributed by atoms with Crippen LogP contribution in [0.3, 0.4) is 0 Å². The number of esters is 1. The molecule has 0 fully saturated rings. The Kier molecular flexibility index (Phi) is 9.01. The van der Waals surface area contributed by atoms with Crippen LogP contribution in [0.1, 0.15) is 5.69 Å². The summed E-state index contributed by atoms with van der Waals surface area (Å²) < 4.78 is 114. The summed E-state index contributed by atoms with van der Waals surface area (Å²) in [5.74, 6) is -24.4. The number of aliphatic hydroxyl groups excluding tert-OH is 1. The monoisotopic (exact) mass is 628 g/mol. The van der Waals surface area contributed by atoms with Gasteiger partial charge < -0.3 is 24.4 Å². The molecule has 1 aliphatic carbocycles. The van der Waals surface area contributed by atoms with Crippen LogP contribution in [0.15, 0.2) is 36.4 Å². The van der Waals surface area contributed by atoms with Crippen LogP contribution in [-0.2, 0) is 29.6 Å². The normalized spacial score (nSPS) is 20.5. The van der Waals surface area contributed by atoms with E-state index >= 15 is 0 Å². The molecule has 171 valence electrons. The van der Waals surface area contributed by atoms with Gasteiger partial charge in [0.2, 0.25) is 0 Å². The average Bonchev–Trinajstić information content (AvgIpc) is 2.65. The molecule has 1 aliphatic rings. The average molecular weight is 627 g/mol. The van der Waals surface area contributed by atoms with Gasteiger partial charge in [-0.05, 0) is 6.07 Å². The van der Waals surface area contributed by atoms with Gasteiger partial charge in [-0.25, -0.2) is 8.78 Å². The predicted octanol–water partition coefficient (Wildman–Crippen LogP) is 4.00. The summed E-state index contributed by atoms with van der Waals surface area (Å²) in [7, 11) is 2.55. The number of aliphatic hydroxyl groups is 1. The van der Waals surface area contributed by atoms with Crippen molar-refractivity contribution in [3.8, 4) is 0 Å². The van der Waals surface area contributed by atoms with Gasteiger partial charge in [0.1, 0.15) is 0 Å². The molecule has 1 aromatic rings.